The number of para-hydroxylation sites is 2. The third kappa shape index (κ3) is 3.60. The van der Waals surface area contributed by atoms with E-state index < -0.39 is 0 Å². The number of fused-ring (bicyclic) bond motifs is 1. The van der Waals surface area contributed by atoms with Gasteiger partial charge in [-0.25, -0.2) is 4.98 Å². The van der Waals surface area contributed by atoms with Crippen LogP contribution in [0.3, 0.4) is 0 Å². The molecule has 1 aliphatic carbocycles. The van der Waals surface area contributed by atoms with Gasteiger partial charge in [0.05, 0.1) is 27.5 Å². The summed E-state index contributed by atoms with van der Waals surface area (Å²) >= 11 is 1.32. The average Bonchev–Trinajstić information content (AvgIpc) is 3.36. The lowest BCUT2D eigenvalue weighted by molar-refractivity contribution is -0.117. The van der Waals surface area contributed by atoms with Crippen LogP contribution in [-0.4, -0.2) is 21.4 Å². The normalized spacial score (nSPS) is 13.7. The summed E-state index contributed by atoms with van der Waals surface area (Å²) in [6.07, 6.45) is 1.92. The molecule has 1 aliphatic rings. The van der Waals surface area contributed by atoms with Crippen molar-refractivity contribution in [3.63, 3.8) is 0 Å². The molecule has 0 radical (unpaired) electrons. The fourth-order valence-electron chi connectivity index (χ4n) is 3.19. The molecule has 4 rings (SSSR count). The molecule has 2 heterocycles. The molecule has 0 unspecified atom stereocenters. The molecule has 0 bridgehead atoms. The largest absolute Gasteiger partial charge is 0.344 e. The van der Waals surface area contributed by atoms with Crippen LogP contribution < -0.4 is 10.6 Å². The van der Waals surface area contributed by atoms with E-state index >= 15 is 0 Å². The number of nitrogens with zero attached hydrogens (tertiary/aromatic N) is 2. The second kappa shape index (κ2) is 7.15. The van der Waals surface area contributed by atoms with Gasteiger partial charge in [0.1, 0.15) is 5.82 Å². The van der Waals surface area contributed by atoms with E-state index in [9.17, 15) is 9.59 Å². The summed E-state index contributed by atoms with van der Waals surface area (Å²) in [6, 6.07) is 9.83. The summed E-state index contributed by atoms with van der Waals surface area (Å²) in [5.41, 5.74) is 2.87. The van der Waals surface area contributed by atoms with E-state index in [2.05, 4.69) is 27.1 Å². The lowest BCUT2D eigenvalue weighted by atomic mass is 10.2. The summed E-state index contributed by atoms with van der Waals surface area (Å²) in [5.74, 6) is 0.897. The molecule has 0 aliphatic heterocycles. The van der Waals surface area contributed by atoms with Crippen molar-refractivity contribution in [3.05, 3.63) is 46.6 Å². The van der Waals surface area contributed by atoms with Crippen LogP contribution in [0.1, 0.15) is 40.8 Å². The predicted octanol–water partition coefficient (Wildman–Crippen LogP) is 3.70. The Balaban J connectivity index is 1.46. The van der Waals surface area contributed by atoms with E-state index in [4.69, 9.17) is 0 Å². The molecule has 2 N–H and O–H groups in total. The SMILES string of the molecule is CCn1c(CNC(=O)c2sc(NC(=O)C3CC3)cc2C)nc2ccccc21. The quantitative estimate of drug-likeness (QED) is 0.682. The standard InChI is InChI=1S/C20H22N4O2S/c1-3-24-15-7-5-4-6-14(15)22-16(24)11-21-20(26)18-12(2)10-17(27-18)23-19(25)13-8-9-13/h4-7,10,13H,3,8-9,11H2,1-2H3,(H,21,26)(H,23,25). The van der Waals surface area contributed by atoms with Gasteiger partial charge in [-0.15, -0.1) is 11.3 Å². The van der Waals surface area contributed by atoms with Crippen molar-refractivity contribution >= 4 is 39.2 Å². The van der Waals surface area contributed by atoms with Crippen LogP contribution in [0.25, 0.3) is 11.0 Å². The summed E-state index contributed by atoms with van der Waals surface area (Å²) < 4.78 is 2.11. The van der Waals surface area contributed by atoms with Gasteiger partial charge in [0.25, 0.3) is 5.91 Å². The van der Waals surface area contributed by atoms with E-state index in [1.54, 1.807) is 0 Å². The first kappa shape index (κ1) is 17.7. The minimum Gasteiger partial charge on any atom is -0.344 e. The average molecular weight is 382 g/mol. The molecular weight excluding hydrogens is 360 g/mol. The monoisotopic (exact) mass is 382 g/mol. The number of hydrogen-bond acceptors (Lipinski definition) is 4. The number of amides is 2. The van der Waals surface area contributed by atoms with E-state index in [1.165, 1.54) is 11.3 Å². The molecule has 1 fully saturated rings. The molecule has 1 saturated carbocycles. The zero-order valence-electron chi connectivity index (χ0n) is 15.4. The Bertz CT molecular complexity index is 1020. The Hall–Kier alpha value is -2.67. The van der Waals surface area contributed by atoms with Crippen molar-refractivity contribution in [2.45, 2.75) is 39.8 Å². The summed E-state index contributed by atoms with van der Waals surface area (Å²) in [7, 11) is 0. The Morgan fingerprint density at radius 1 is 1.30 bits per heavy atom. The number of carbonyl (C=O) groups excluding carboxylic acids is 2. The lowest BCUT2D eigenvalue weighted by Gasteiger charge is -2.07. The Morgan fingerprint density at radius 3 is 2.81 bits per heavy atom. The highest BCUT2D eigenvalue weighted by molar-refractivity contribution is 7.18. The first-order chi connectivity index (χ1) is 13.1. The maximum absolute atomic E-state index is 12.6. The minimum absolute atomic E-state index is 0.0554. The third-order valence-corrected chi connectivity index (χ3v) is 5.93. The van der Waals surface area contributed by atoms with Gasteiger partial charge in [0, 0.05) is 12.5 Å². The highest BCUT2D eigenvalue weighted by Gasteiger charge is 2.30. The molecule has 7 heteroatoms. The molecule has 0 atom stereocenters. The zero-order chi connectivity index (χ0) is 19.0. The maximum atomic E-state index is 12.6. The number of rotatable bonds is 6. The van der Waals surface area contributed by atoms with E-state index in [1.807, 2.05) is 37.3 Å². The topological polar surface area (TPSA) is 76.0 Å². The van der Waals surface area contributed by atoms with Gasteiger partial charge in [0.2, 0.25) is 5.91 Å². The fraction of sp³-hybridized carbons (Fsp3) is 0.350. The number of imidazole rings is 1. The number of thiophene rings is 1. The molecule has 27 heavy (non-hydrogen) atoms. The molecule has 140 valence electrons. The Kier molecular flexibility index (Phi) is 4.70. The van der Waals surface area contributed by atoms with Crippen LogP contribution >= 0.6 is 11.3 Å². The molecule has 1 aromatic carbocycles. The second-order valence-electron chi connectivity index (χ2n) is 6.83. The number of hydrogen-bond donors (Lipinski definition) is 2. The first-order valence-corrected chi connectivity index (χ1v) is 10.0. The third-order valence-electron chi connectivity index (χ3n) is 4.78. The van der Waals surface area contributed by atoms with Crippen molar-refractivity contribution in [2.24, 2.45) is 5.92 Å². The highest BCUT2D eigenvalue weighted by atomic mass is 32.1. The number of carbonyl (C=O) groups is 2. The van der Waals surface area contributed by atoms with Gasteiger partial charge in [-0.3, -0.25) is 9.59 Å². The molecule has 0 spiro atoms. The second-order valence-corrected chi connectivity index (χ2v) is 7.88. The van der Waals surface area contributed by atoms with E-state index in [-0.39, 0.29) is 17.7 Å². The molecule has 0 saturated heterocycles. The minimum atomic E-state index is -0.140. The van der Waals surface area contributed by atoms with Gasteiger partial charge < -0.3 is 15.2 Å². The van der Waals surface area contributed by atoms with Crippen LogP contribution in [-0.2, 0) is 17.9 Å². The number of aryl methyl sites for hydroxylation is 2. The first-order valence-electron chi connectivity index (χ1n) is 9.20. The van der Waals surface area contributed by atoms with Crippen molar-refractivity contribution in [1.29, 1.82) is 0 Å². The van der Waals surface area contributed by atoms with Crippen LogP contribution in [0.15, 0.2) is 30.3 Å². The van der Waals surface area contributed by atoms with Gasteiger partial charge in [-0.05, 0) is 50.5 Å². The number of aromatic nitrogens is 2. The lowest BCUT2D eigenvalue weighted by Crippen LogP contribution is -2.24. The molecular formula is C20H22N4O2S. The van der Waals surface area contributed by atoms with Crippen LogP contribution in [0.2, 0.25) is 0 Å². The Labute approximate surface area is 161 Å². The smallest absolute Gasteiger partial charge is 0.262 e. The van der Waals surface area contributed by atoms with Crippen molar-refractivity contribution in [1.82, 2.24) is 14.9 Å². The number of anilines is 1. The molecule has 6 nitrogen and oxygen atoms in total. The fourth-order valence-corrected chi connectivity index (χ4v) is 4.18. The highest BCUT2D eigenvalue weighted by Crippen LogP contribution is 2.32. The van der Waals surface area contributed by atoms with Crippen LogP contribution in [0.5, 0.6) is 0 Å². The maximum Gasteiger partial charge on any atom is 0.262 e. The van der Waals surface area contributed by atoms with E-state index in [0.717, 1.165) is 46.8 Å². The summed E-state index contributed by atoms with van der Waals surface area (Å²) in [4.78, 5) is 29.8. The molecule has 3 aromatic rings. The van der Waals surface area contributed by atoms with Gasteiger partial charge in [0.15, 0.2) is 0 Å². The summed E-state index contributed by atoms with van der Waals surface area (Å²) in [6.45, 7) is 5.11. The van der Waals surface area contributed by atoms with Gasteiger partial charge >= 0.3 is 0 Å². The summed E-state index contributed by atoms with van der Waals surface area (Å²) in [5, 5.41) is 6.61. The van der Waals surface area contributed by atoms with Crippen LogP contribution in [0, 0.1) is 12.8 Å². The number of nitrogens with one attached hydrogen (secondary N) is 2. The van der Waals surface area contributed by atoms with Crippen molar-refractivity contribution in [2.75, 3.05) is 5.32 Å². The van der Waals surface area contributed by atoms with Gasteiger partial charge in [-0.1, -0.05) is 12.1 Å². The molecule has 2 amide bonds. The van der Waals surface area contributed by atoms with Crippen molar-refractivity contribution in [3.8, 4) is 0 Å². The number of benzene rings is 1. The predicted molar refractivity (Wildman–Crippen MR) is 107 cm³/mol. The van der Waals surface area contributed by atoms with Crippen LogP contribution in [0.4, 0.5) is 5.00 Å². The van der Waals surface area contributed by atoms with Crippen molar-refractivity contribution < 1.29 is 9.59 Å². The Morgan fingerprint density at radius 2 is 2.07 bits per heavy atom. The molecule has 2 aromatic heterocycles. The van der Waals surface area contributed by atoms with E-state index in [0.29, 0.717) is 11.4 Å². The zero-order valence-corrected chi connectivity index (χ0v) is 16.2. The van der Waals surface area contributed by atoms with Gasteiger partial charge in [-0.2, -0.15) is 0 Å².